The van der Waals surface area contributed by atoms with Gasteiger partial charge in [-0.1, -0.05) is 12.8 Å². The number of rotatable bonds is 3. The Bertz CT molecular complexity index is 417. The predicted molar refractivity (Wildman–Crippen MR) is 74.9 cm³/mol. The number of nitrogens with zero attached hydrogens (tertiary/aromatic N) is 3. The number of imidazole rings is 1. The molecule has 19 heavy (non-hydrogen) atoms. The smallest absolute Gasteiger partial charge is 0.108 e. The van der Waals surface area contributed by atoms with Crippen LogP contribution in [0, 0.1) is 5.92 Å². The molecule has 2 aliphatic rings. The highest BCUT2D eigenvalue weighted by Crippen LogP contribution is 2.25. The van der Waals surface area contributed by atoms with Gasteiger partial charge in [0.25, 0.3) is 0 Å². The summed E-state index contributed by atoms with van der Waals surface area (Å²) in [4.78, 5) is 6.78. The fourth-order valence-electron chi connectivity index (χ4n) is 3.73. The summed E-state index contributed by atoms with van der Waals surface area (Å²) in [6.07, 6.45) is 10.8. The second kappa shape index (κ2) is 5.63. The first-order valence-corrected chi connectivity index (χ1v) is 7.62. The molecule has 0 unspecified atom stereocenters. The van der Waals surface area contributed by atoms with Crippen molar-refractivity contribution in [3.8, 4) is 0 Å². The summed E-state index contributed by atoms with van der Waals surface area (Å²) in [5.41, 5.74) is 0. The van der Waals surface area contributed by atoms with Crippen molar-refractivity contribution in [1.82, 2.24) is 14.5 Å². The van der Waals surface area contributed by atoms with Crippen LogP contribution in [-0.2, 0) is 13.0 Å². The van der Waals surface area contributed by atoms with Crippen molar-refractivity contribution in [1.29, 1.82) is 0 Å². The van der Waals surface area contributed by atoms with E-state index in [1.807, 2.05) is 6.20 Å². The number of aromatic nitrogens is 2. The maximum atomic E-state index is 10.1. The van der Waals surface area contributed by atoms with E-state index in [0.717, 1.165) is 32.4 Å². The van der Waals surface area contributed by atoms with Crippen LogP contribution in [0.3, 0.4) is 0 Å². The average molecular weight is 263 g/mol. The lowest BCUT2D eigenvalue weighted by Crippen LogP contribution is -2.46. The third-order valence-electron chi connectivity index (χ3n) is 4.84. The Labute approximate surface area is 115 Å². The number of hydrogen-bond acceptors (Lipinski definition) is 3. The largest absolute Gasteiger partial charge is 0.391 e. The van der Waals surface area contributed by atoms with E-state index >= 15 is 0 Å². The van der Waals surface area contributed by atoms with E-state index in [4.69, 9.17) is 0 Å². The van der Waals surface area contributed by atoms with Gasteiger partial charge in [-0.2, -0.15) is 0 Å². The van der Waals surface area contributed by atoms with Crippen LogP contribution in [0.4, 0.5) is 0 Å². The standard InChI is InChI=1S/C15H25N3O/c1-17(13-4-2-3-5-14(13)19)10-12-6-7-15-16-8-9-18(15)11-12/h8-9,12-14,19H,2-7,10-11H2,1H3/t12-,13+,14-/m0/s1. The normalized spacial score (nSPS) is 31.4. The van der Waals surface area contributed by atoms with Gasteiger partial charge in [0.2, 0.25) is 0 Å². The lowest BCUT2D eigenvalue weighted by atomic mass is 9.90. The third-order valence-corrected chi connectivity index (χ3v) is 4.84. The van der Waals surface area contributed by atoms with Crippen molar-refractivity contribution >= 4 is 0 Å². The maximum absolute atomic E-state index is 10.1. The minimum Gasteiger partial charge on any atom is -0.391 e. The molecular formula is C15H25N3O. The van der Waals surface area contributed by atoms with Crippen LogP contribution >= 0.6 is 0 Å². The highest BCUT2D eigenvalue weighted by molar-refractivity contribution is 4.97. The molecule has 0 saturated heterocycles. The number of aryl methyl sites for hydroxylation is 1. The summed E-state index contributed by atoms with van der Waals surface area (Å²) >= 11 is 0. The molecule has 1 aromatic heterocycles. The molecule has 0 radical (unpaired) electrons. The molecule has 3 rings (SSSR count). The van der Waals surface area contributed by atoms with E-state index in [-0.39, 0.29) is 6.10 Å². The highest BCUT2D eigenvalue weighted by Gasteiger charge is 2.29. The SMILES string of the molecule is CN(C[C@@H]1CCc2nccn2C1)[C@@H]1CCCC[C@@H]1O. The van der Waals surface area contributed by atoms with Gasteiger partial charge in [-0.25, -0.2) is 4.98 Å². The molecule has 3 atom stereocenters. The Morgan fingerprint density at radius 2 is 2.21 bits per heavy atom. The molecule has 0 amide bonds. The zero-order valence-corrected chi connectivity index (χ0v) is 11.8. The van der Waals surface area contributed by atoms with Crippen molar-refractivity contribution in [3.63, 3.8) is 0 Å². The highest BCUT2D eigenvalue weighted by atomic mass is 16.3. The van der Waals surface area contributed by atoms with E-state index < -0.39 is 0 Å². The fourth-order valence-corrected chi connectivity index (χ4v) is 3.73. The summed E-state index contributed by atoms with van der Waals surface area (Å²) in [5.74, 6) is 1.93. The molecular weight excluding hydrogens is 238 g/mol. The Morgan fingerprint density at radius 3 is 3.05 bits per heavy atom. The van der Waals surface area contributed by atoms with E-state index in [2.05, 4.69) is 27.7 Å². The van der Waals surface area contributed by atoms with Crippen molar-refractivity contribution in [2.24, 2.45) is 5.92 Å². The second-order valence-electron chi connectivity index (χ2n) is 6.26. The number of aliphatic hydroxyl groups excluding tert-OH is 1. The third kappa shape index (κ3) is 2.84. The van der Waals surface area contributed by atoms with Gasteiger partial charge in [-0.15, -0.1) is 0 Å². The van der Waals surface area contributed by atoms with Crippen LogP contribution in [0.5, 0.6) is 0 Å². The monoisotopic (exact) mass is 263 g/mol. The molecule has 1 aliphatic carbocycles. The molecule has 106 valence electrons. The summed E-state index contributed by atoms with van der Waals surface area (Å²) < 4.78 is 2.29. The Hall–Kier alpha value is -0.870. The van der Waals surface area contributed by atoms with Crippen LogP contribution in [0.25, 0.3) is 0 Å². The molecule has 4 nitrogen and oxygen atoms in total. The average Bonchev–Trinajstić information content (AvgIpc) is 2.86. The first kappa shape index (κ1) is 13.1. The molecule has 1 aliphatic heterocycles. The Balaban J connectivity index is 1.57. The number of fused-ring (bicyclic) bond motifs is 1. The van der Waals surface area contributed by atoms with Gasteiger partial charge in [-0.05, 0) is 32.2 Å². The van der Waals surface area contributed by atoms with Crippen molar-refractivity contribution in [3.05, 3.63) is 18.2 Å². The van der Waals surface area contributed by atoms with Gasteiger partial charge >= 0.3 is 0 Å². The lowest BCUT2D eigenvalue weighted by molar-refractivity contribution is 0.0231. The van der Waals surface area contributed by atoms with Gasteiger partial charge in [0.05, 0.1) is 6.10 Å². The lowest BCUT2D eigenvalue weighted by Gasteiger charge is -2.37. The molecule has 1 N–H and O–H groups in total. The quantitative estimate of drug-likeness (QED) is 0.902. The minimum atomic E-state index is -0.119. The van der Waals surface area contributed by atoms with Crippen LogP contribution in [0.15, 0.2) is 12.4 Å². The Morgan fingerprint density at radius 1 is 1.37 bits per heavy atom. The van der Waals surface area contributed by atoms with Gasteiger partial charge in [-0.3, -0.25) is 0 Å². The van der Waals surface area contributed by atoms with Crippen LogP contribution < -0.4 is 0 Å². The van der Waals surface area contributed by atoms with E-state index in [9.17, 15) is 5.11 Å². The van der Waals surface area contributed by atoms with Gasteiger partial charge < -0.3 is 14.6 Å². The van der Waals surface area contributed by atoms with E-state index in [1.54, 1.807) is 0 Å². The van der Waals surface area contributed by atoms with E-state index in [0.29, 0.717) is 12.0 Å². The summed E-state index contributed by atoms with van der Waals surface area (Å²) in [5, 5.41) is 10.1. The van der Waals surface area contributed by atoms with E-state index in [1.165, 1.54) is 25.1 Å². The van der Waals surface area contributed by atoms with Gasteiger partial charge in [0.15, 0.2) is 0 Å². The number of likely N-dealkylation sites (N-methyl/N-ethyl adjacent to an activating group) is 1. The molecule has 1 saturated carbocycles. The fraction of sp³-hybridized carbons (Fsp3) is 0.800. The van der Waals surface area contributed by atoms with Crippen LogP contribution in [0.2, 0.25) is 0 Å². The van der Waals surface area contributed by atoms with Crippen LogP contribution in [0.1, 0.15) is 37.9 Å². The first-order valence-electron chi connectivity index (χ1n) is 7.62. The molecule has 0 aromatic carbocycles. The van der Waals surface area contributed by atoms with Crippen LogP contribution in [-0.4, -0.2) is 45.3 Å². The van der Waals surface area contributed by atoms with Crippen molar-refractivity contribution in [2.45, 2.75) is 57.2 Å². The molecule has 2 heterocycles. The molecule has 0 bridgehead atoms. The van der Waals surface area contributed by atoms with Crippen molar-refractivity contribution in [2.75, 3.05) is 13.6 Å². The number of aliphatic hydroxyl groups is 1. The molecule has 0 spiro atoms. The predicted octanol–water partition coefficient (Wildman–Crippen LogP) is 1.68. The molecule has 4 heteroatoms. The summed E-state index contributed by atoms with van der Waals surface area (Å²) in [7, 11) is 2.18. The number of hydrogen-bond donors (Lipinski definition) is 1. The summed E-state index contributed by atoms with van der Waals surface area (Å²) in [6.45, 7) is 2.18. The Kier molecular flexibility index (Phi) is 3.89. The van der Waals surface area contributed by atoms with Gasteiger partial charge in [0.1, 0.15) is 5.82 Å². The molecule has 1 aromatic rings. The first-order chi connectivity index (χ1) is 9.24. The molecule has 1 fully saturated rings. The van der Waals surface area contributed by atoms with Gasteiger partial charge in [0, 0.05) is 37.9 Å². The summed E-state index contributed by atoms with van der Waals surface area (Å²) in [6, 6.07) is 0.373. The minimum absolute atomic E-state index is 0.119. The topological polar surface area (TPSA) is 41.3 Å². The van der Waals surface area contributed by atoms with Crippen molar-refractivity contribution < 1.29 is 5.11 Å². The second-order valence-corrected chi connectivity index (χ2v) is 6.26. The zero-order valence-electron chi connectivity index (χ0n) is 11.8. The zero-order chi connectivity index (χ0) is 13.2. The maximum Gasteiger partial charge on any atom is 0.108 e.